The van der Waals surface area contributed by atoms with Crippen molar-refractivity contribution in [3.8, 4) is 0 Å². The summed E-state index contributed by atoms with van der Waals surface area (Å²) in [6.45, 7) is 1.99. The summed E-state index contributed by atoms with van der Waals surface area (Å²) < 4.78 is 0. The highest BCUT2D eigenvalue weighted by molar-refractivity contribution is 8.05. The fraction of sp³-hybridized carbons (Fsp3) is 0.0556. The third-order valence-corrected chi connectivity index (χ3v) is 12.2. The first kappa shape index (κ1) is 31.4. The minimum Gasteiger partial charge on any atom is -1.00 e. The van der Waals surface area contributed by atoms with Gasteiger partial charge in [-0.05, 0) is 61.7 Å². The Hall–Kier alpha value is -3.51. The molecular weight excluding hydrogens is 668 g/mol. The molecule has 5 aromatic rings. The monoisotopic (exact) mass is 699 g/mol. The van der Waals surface area contributed by atoms with Crippen LogP contribution in [0.4, 0.5) is 0 Å². The second-order valence-electron chi connectivity index (χ2n) is 9.57. The van der Waals surface area contributed by atoms with Gasteiger partial charge in [0, 0.05) is 11.1 Å². The molecule has 0 radical (unpaired) electrons. The van der Waals surface area contributed by atoms with Crippen LogP contribution in [0.3, 0.4) is 0 Å². The summed E-state index contributed by atoms with van der Waals surface area (Å²) in [4.78, 5) is 28.5. The number of carbonyl (C=O) groups excluding carboxylic acids is 2. The van der Waals surface area contributed by atoms with Gasteiger partial charge < -0.3 is 29.3 Å². The van der Waals surface area contributed by atoms with Gasteiger partial charge in [-0.2, -0.15) is 0 Å². The lowest BCUT2D eigenvalue weighted by atomic mass is 10.1. The molecule has 0 unspecified atom stereocenters. The number of halogens is 1. The van der Waals surface area contributed by atoms with Gasteiger partial charge in [0.05, 0.1) is 0 Å². The zero-order valence-corrected chi connectivity index (χ0v) is 27.3. The standard InChI is InChI=1S/C36H30NO2PS.HI/c1-27-23-25-29(26-24-27)35(39)37-36(41-2)34(33(38)28-15-7-3-8-16-28)40(30-17-9-4-10-18-30,31-19-11-5-12-20-31)32-21-13-6-14-22-32;/h3-26H,1-2H3;1H. The van der Waals surface area contributed by atoms with E-state index in [0.29, 0.717) is 21.5 Å². The van der Waals surface area contributed by atoms with Crippen molar-refractivity contribution in [2.24, 2.45) is 0 Å². The summed E-state index contributed by atoms with van der Waals surface area (Å²) in [5.41, 5.74) is 2.19. The maximum absolute atomic E-state index is 14.9. The van der Waals surface area contributed by atoms with Crippen molar-refractivity contribution in [3.63, 3.8) is 0 Å². The zero-order chi connectivity index (χ0) is 28.7. The van der Waals surface area contributed by atoms with Gasteiger partial charge in [-0.1, -0.05) is 103 Å². The fourth-order valence-corrected chi connectivity index (χ4v) is 10.5. The van der Waals surface area contributed by atoms with E-state index in [9.17, 15) is 9.59 Å². The predicted molar refractivity (Wildman–Crippen MR) is 175 cm³/mol. The number of amides is 1. The van der Waals surface area contributed by atoms with Crippen molar-refractivity contribution in [1.29, 1.82) is 0 Å². The lowest BCUT2D eigenvalue weighted by molar-refractivity contribution is -0.0000236. The molecule has 3 nitrogen and oxygen atoms in total. The predicted octanol–water partition coefficient (Wildman–Crippen LogP) is 4.14. The number of allylic oxidation sites excluding steroid dienone is 1. The molecule has 1 N–H and O–H groups in total. The van der Waals surface area contributed by atoms with Crippen molar-refractivity contribution in [2.75, 3.05) is 6.26 Å². The highest BCUT2D eigenvalue weighted by Gasteiger charge is 2.54. The van der Waals surface area contributed by atoms with Crippen LogP contribution in [0.2, 0.25) is 0 Å². The van der Waals surface area contributed by atoms with Crippen LogP contribution in [-0.4, -0.2) is 17.9 Å². The molecule has 42 heavy (non-hydrogen) atoms. The second kappa shape index (κ2) is 14.6. The average Bonchev–Trinajstić information content (AvgIpc) is 3.04. The van der Waals surface area contributed by atoms with Crippen LogP contribution in [0.1, 0.15) is 26.3 Å². The first-order chi connectivity index (χ1) is 20.1. The molecule has 0 atom stereocenters. The minimum atomic E-state index is -2.82. The average molecular weight is 700 g/mol. The maximum Gasteiger partial charge on any atom is 0.256 e. The summed E-state index contributed by atoms with van der Waals surface area (Å²) in [6.07, 6.45) is 1.92. The molecule has 0 aliphatic rings. The quantitative estimate of drug-likeness (QED) is 0.109. The molecule has 0 aliphatic carbocycles. The molecule has 5 aromatic carbocycles. The molecule has 210 valence electrons. The van der Waals surface area contributed by atoms with Crippen LogP contribution in [0.5, 0.6) is 0 Å². The number of nitrogens with one attached hydrogen (secondary N) is 1. The SMILES string of the molecule is CS/C(NC(=O)c1ccc(C)cc1)=C(/C(=O)c1ccccc1)[P+](c1ccccc1)(c1ccccc1)c1ccccc1.[I-]. The van der Waals surface area contributed by atoms with Gasteiger partial charge in [0.25, 0.3) is 5.91 Å². The third kappa shape index (κ3) is 6.44. The van der Waals surface area contributed by atoms with Gasteiger partial charge >= 0.3 is 0 Å². The highest BCUT2D eigenvalue weighted by atomic mass is 127. The van der Waals surface area contributed by atoms with E-state index in [0.717, 1.165) is 21.5 Å². The van der Waals surface area contributed by atoms with Gasteiger partial charge in [-0.3, -0.25) is 9.59 Å². The molecular formula is C36H31INO2PS. The maximum atomic E-state index is 14.9. The smallest absolute Gasteiger partial charge is 0.256 e. The molecule has 0 aromatic heterocycles. The Morgan fingerprint density at radius 1 is 0.571 bits per heavy atom. The number of hydrogen-bond donors (Lipinski definition) is 1. The number of benzene rings is 5. The van der Waals surface area contributed by atoms with Crippen LogP contribution in [-0.2, 0) is 0 Å². The van der Waals surface area contributed by atoms with E-state index in [1.807, 2.05) is 122 Å². The lowest BCUT2D eigenvalue weighted by Crippen LogP contribution is -3.00. The second-order valence-corrected chi connectivity index (χ2v) is 13.7. The molecule has 0 spiro atoms. The molecule has 0 saturated heterocycles. The molecule has 5 rings (SSSR count). The summed E-state index contributed by atoms with van der Waals surface area (Å²) >= 11 is 1.39. The van der Waals surface area contributed by atoms with Crippen LogP contribution in [0.15, 0.2) is 156 Å². The molecule has 0 fully saturated rings. The topological polar surface area (TPSA) is 46.2 Å². The van der Waals surface area contributed by atoms with E-state index in [2.05, 4.69) is 41.7 Å². The van der Waals surface area contributed by atoms with Gasteiger partial charge in [0.15, 0.2) is 12.6 Å². The Bertz CT molecular complexity index is 1560. The van der Waals surface area contributed by atoms with Crippen LogP contribution in [0, 0.1) is 6.92 Å². The Morgan fingerprint density at radius 2 is 0.976 bits per heavy atom. The number of Topliss-reactive ketones (excluding diaryl/α,β-unsaturated/α-hetero) is 1. The van der Waals surface area contributed by atoms with E-state index in [-0.39, 0.29) is 35.7 Å². The normalized spacial score (nSPS) is 11.6. The number of aryl methyl sites for hydroxylation is 1. The summed E-state index contributed by atoms with van der Waals surface area (Å²) in [5, 5.41) is 7.43. The Balaban J connectivity index is 0.00000405. The fourth-order valence-electron chi connectivity index (χ4n) is 5.01. The van der Waals surface area contributed by atoms with E-state index in [1.165, 1.54) is 11.8 Å². The first-order valence-electron chi connectivity index (χ1n) is 13.4. The van der Waals surface area contributed by atoms with Crippen molar-refractivity contribution in [2.45, 2.75) is 6.92 Å². The number of ketones is 1. The number of rotatable bonds is 9. The van der Waals surface area contributed by atoms with Crippen molar-refractivity contribution >= 4 is 46.6 Å². The number of carbonyl (C=O) groups is 2. The van der Waals surface area contributed by atoms with Crippen LogP contribution >= 0.6 is 19.0 Å². The van der Waals surface area contributed by atoms with Gasteiger partial charge in [-0.15, -0.1) is 11.8 Å². The van der Waals surface area contributed by atoms with Crippen LogP contribution < -0.4 is 45.2 Å². The molecule has 1 amide bonds. The summed E-state index contributed by atoms with van der Waals surface area (Å²) in [7, 11) is -2.82. The summed E-state index contributed by atoms with van der Waals surface area (Å²) in [6, 6.07) is 47.5. The lowest BCUT2D eigenvalue weighted by Gasteiger charge is -2.30. The first-order valence-corrected chi connectivity index (χ1v) is 16.4. The van der Waals surface area contributed by atoms with Crippen molar-refractivity contribution < 1.29 is 33.6 Å². The van der Waals surface area contributed by atoms with Gasteiger partial charge in [-0.25, -0.2) is 0 Å². The molecule has 0 saturated carbocycles. The molecule has 0 aliphatic heterocycles. The van der Waals surface area contributed by atoms with Crippen molar-refractivity contribution in [3.05, 3.63) is 173 Å². The number of hydrogen-bond acceptors (Lipinski definition) is 3. The Morgan fingerprint density at radius 3 is 1.38 bits per heavy atom. The molecule has 0 bridgehead atoms. The van der Waals surface area contributed by atoms with E-state index in [4.69, 9.17) is 0 Å². The van der Waals surface area contributed by atoms with Gasteiger partial charge in [0.2, 0.25) is 5.78 Å². The third-order valence-electron chi connectivity index (χ3n) is 6.98. The minimum absolute atomic E-state index is 0. The highest BCUT2D eigenvalue weighted by Crippen LogP contribution is 2.64. The largest absolute Gasteiger partial charge is 1.00 e. The van der Waals surface area contributed by atoms with E-state index < -0.39 is 7.26 Å². The Labute approximate surface area is 269 Å². The molecule has 6 heteroatoms. The van der Waals surface area contributed by atoms with Gasteiger partial charge in [0.1, 0.15) is 20.9 Å². The van der Waals surface area contributed by atoms with E-state index >= 15 is 0 Å². The van der Waals surface area contributed by atoms with Crippen LogP contribution in [0.25, 0.3) is 0 Å². The number of thioether (sulfide) groups is 1. The van der Waals surface area contributed by atoms with Crippen molar-refractivity contribution in [1.82, 2.24) is 5.32 Å². The molecule has 0 heterocycles. The summed E-state index contributed by atoms with van der Waals surface area (Å²) in [5.74, 6) is -0.357. The Kier molecular flexibility index (Phi) is 10.9. The van der Waals surface area contributed by atoms with E-state index in [1.54, 1.807) is 0 Å². The zero-order valence-electron chi connectivity index (χ0n) is 23.4.